The Balaban J connectivity index is 2.34. The van der Waals surface area contributed by atoms with Gasteiger partial charge in [0.25, 0.3) is 0 Å². The van der Waals surface area contributed by atoms with Crippen LogP contribution >= 0.6 is 11.3 Å². The lowest BCUT2D eigenvalue weighted by Gasteiger charge is -2.05. The Labute approximate surface area is 97.4 Å². The second-order valence-corrected chi connectivity index (χ2v) is 4.53. The number of nitrogens with two attached hydrogens (primary N) is 1. The zero-order valence-electron chi connectivity index (χ0n) is 8.55. The third kappa shape index (κ3) is 1.37. The van der Waals surface area contributed by atoms with E-state index in [0.29, 0.717) is 0 Å². The molecule has 2 heterocycles. The standard InChI is InChI=1S/C13H10N2S/c14-11-4-2-1-3-9(11)13-10-6-8-16-12(10)5-7-15-13/h1-8H,14H2. The predicted octanol–water partition coefficient (Wildman–Crippen LogP) is 3.55. The van der Waals surface area contributed by atoms with Gasteiger partial charge in [-0.25, -0.2) is 0 Å². The molecule has 0 aliphatic heterocycles. The quantitative estimate of drug-likeness (QED) is 0.644. The van der Waals surface area contributed by atoms with Crippen molar-refractivity contribution in [1.29, 1.82) is 0 Å². The number of pyridine rings is 1. The van der Waals surface area contributed by atoms with Crippen LogP contribution in [0.1, 0.15) is 0 Å². The normalized spacial score (nSPS) is 10.8. The fraction of sp³-hybridized carbons (Fsp3) is 0. The van der Waals surface area contributed by atoms with Crippen LogP contribution in [0.2, 0.25) is 0 Å². The van der Waals surface area contributed by atoms with Crippen molar-refractivity contribution in [2.24, 2.45) is 0 Å². The van der Waals surface area contributed by atoms with E-state index in [1.165, 1.54) is 10.1 Å². The number of nitrogen functional groups attached to an aromatic ring is 1. The van der Waals surface area contributed by atoms with E-state index in [-0.39, 0.29) is 0 Å². The Morgan fingerprint density at radius 1 is 1.06 bits per heavy atom. The summed E-state index contributed by atoms with van der Waals surface area (Å²) in [6.45, 7) is 0. The summed E-state index contributed by atoms with van der Waals surface area (Å²) in [5.74, 6) is 0. The maximum atomic E-state index is 5.98. The minimum Gasteiger partial charge on any atom is -0.398 e. The highest BCUT2D eigenvalue weighted by Gasteiger charge is 2.08. The Hall–Kier alpha value is -1.87. The lowest BCUT2D eigenvalue weighted by molar-refractivity contribution is 1.36. The third-order valence-corrected chi connectivity index (χ3v) is 3.48. The number of aromatic nitrogens is 1. The molecule has 2 N–H and O–H groups in total. The van der Waals surface area contributed by atoms with Crippen LogP contribution < -0.4 is 5.73 Å². The predicted molar refractivity (Wildman–Crippen MR) is 69.5 cm³/mol. The number of anilines is 1. The van der Waals surface area contributed by atoms with Gasteiger partial charge in [-0.3, -0.25) is 4.98 Å². The first kappa shape index (κ1) is 9.36. The zero-order chi connectivity index (χ0) is 11.0. The number of para-hydroxylation sites is 1. The molecule has 0 atom stereocenters. The minimum absolute atomic E-state index is 0.772. The molecule has 0 aliphatic carbocycles. The molecule has 0 saturated carbocycles. The van der Waals surface area contributed by atoms with E-state index < -0.39 is 0 Å². The van der Waals surface area contributed by atoms with Gasteiger partial charge in [0.15, 0.2) is 0 Å². The van der Waals surface area contributed by atoms with Crippen molar-refractivity contribution >= 4 is 27.1 Å². The third-order valence-electron chi connectivity index (χ3n) is 2.60. The highest BCUT2D eigenvalue weighted by atomic mass is 32.1. The SMILES string of the molecule is Nc1ccccc1-c1nccc2sccc12. The Morgan fingerprint density at radius 2 is 1.94 bits per heavy atom. The average Bonchev–Trinajstić information content (AvgIpc) is 2.77. The van der Waals surface area contributed by atoms with Crippen LogP contribution in [0.4, 0.5) is 5.69 Å². The molecular weight excluding hydrogens is 216 g/mol. The smallest absolute Gasteiger partial charge is 0.0809 e. The summed E-state index contributed by atoms with van der Waals surface area (Å²) in [6, 6.07) is 12.0. The van der Waals surface area contributed by atoms with Gasteiger partial charge in [0.1, 0.15) is 0 Å². The van der Waals surface area contributed by atoms with E-state index in [0.717, 1.165) is 16.9 Å². The zero-order valence-corrected chi connectivity index (χ0v) is 9.37. The summed E-state index contributed by atoms with van der Waals surface area (Å²) >= 11 is 1.72. The van der Waals surface area contributed by atoms with Crippen molar-refractivity contribution in [1.82, 2.24) is 4.98 Å². The fourth-order valence-corrected chi connectivity index (χ4v) is 2.60. The summed E-state index contributed by atoms with van der Waals surface area (Å²) in [7, 11) is 0. The Kier molecular flexibility index (Phi) is 2.11. The van der Waals surface area contributed by atoms with Gasteiger partial charge in [0.05, 0.1) is 5.69 Å². The molecule has 2 aromatic heterocycles. The van der Waals surface area contributed by atoms with E-state index >= 15 is 0 Å². The molecule has 78 valence electrons. The van der Waals surface area contributed by atoms with Crippen LogP contribution in [-0.2, 0) is 0 Å². The number of thiophene rings is 1. The maximum absolute atomic E-state index is 5.98. The highest BCUT2D eigenvalue weighted by Crippen LogP contribution is 2.32. The van der Waals surface area contributed by atoms with E-state index in [1.54, 1.807) is 11.3 Å². The molecule has 0 amide bonds. The molecule has 1 aromatic carbocycles. The van der Waals surface area contributed by atoms with E-state index in [2.05, 4.69) is 16.4 Å². The number of nitrogens with zero attached hydrogens (tertiary/aromatic N) is 1. The summed E-state index contributed by atoms with van der Waals surface area (Å²) < 4.78 is 1.24. The Morgan fingerprint density at radius 3 is 2.81 bits per heavy atom. The molecular formula is C13H10N2S. The van der Waals surface area contributed by atoms with Gasteiger partial charge < -0.3 is 5.73 Å². The fourth-order valence-electron chi connectivity index (χ4n) is 1.82. The first-order valence-corrected chi connectivity index (χ1v) is 5.91. The molecule has 0 bridgehead atoms. The first-order chi connectivity index (χ1) is 7.86. The topological polar surface area (TPSA) is 38.9 Å². The lowest BCUT2D eigenvalue weighted by Crippen LogP contribution is -1.91. The molecule has 0 spiro atoms. The molecule has 3 aromatic rings. The van der Waals surface area contributed by atoms with Gasteiger partial charge in [-0.2, -0.15) is 0 Å². The van der Waals surface area contributed by atoms with Gasteiger partial charge in [0.2, 0.25) is 0 Å². The monoisotopic (exact) mass is 226 g/mol. The van der Waals surface area contributed by atoms with Crippen molar-refractivity contribution in [3.8, 4) is 11.3 Å². The van der Waals surface area contributed by atoms with Crippen molar-refractivity contribution in [2.45, 2.75) is 0 Å². The molecule has 0 aliphatic rings. The van der Waals surface area contributed by atoms with Crippen LogP contribution in [0.3, 0.4) is 0 Å². The van der Waals surface area contributed by atoms with Gasteiger partial charge >= 0.3 is 0 Å². The van der Waals surface area contributed by atoms with Gasteiger partial charge in [0, 0.05) is 27.5 Å². The summed E-state index contributed by atoms with van der Waals surface area (Å²) in [6.07, 6.45) is 1.83. The van der Waals surface area contributed by atoms with E-state index in [1.807, 2.05) is 36.5 Å². The molecule has 0 saturated heterocycles. The van der Waals surface area contributed by atoms with Crippen LogP contribution in [0.25, 0.3) is 21.3 Å². The second-order valence-electron chi connectivity index (χ2n) is 3.58. The summed E-state index contributed by atoms with van der Waals surface area (Å²) in [5.41, 5.74) is 8.72. The molecule has 0 radical (unpaired) electrons. The van der Waals surface area contributed by atoms with Crippen LogP contribution in [0.5, 0.6) is 0 Å². The molecule has 0 fully saturated rings. The van der Waals surface area contributed by atoms with Crippen molar-refractivity contribution < 1.29 is 0 Å². The highest BCUT2D eigenvalue weighted by molar-refractivity contribution is 7.17. The Bertz CT molecular complexity index is 643. The van der Waals surface area contributed by atoms with Gasteiger partial charge in [-0.15, -0.1) is 11.3 Å². The summed E-state index contributed by atoms with van der Waals surface area (Å²) in [5, 5.41) is 3.25. The number of rotatable bonds is 1. The second kappa shape index (κ2) is 3.61. The molecule has 3 heteroatoms. The average molecular weight is 226 g/mol. The number of benzene rings is 1. The lowest BCUT2D eigenvalue weighted by atomic mass is 10.1. The van der Waals surface area contributed by atoms with Crippen LogP contribution in [0.15, 0.2) is 48.0 Å². The maximum Gasteiger partial charge on any atom is 0.0809 e. The van der Waals surface area contributed by atoms with Gasteiger partial charge in [-0.1, -0.05) is 18.2 Å². The van der Waals surface area contributed by atoms with Crippen LogP contribution in [-0.4, -0.2) is 4.98 Å². The number of hydrogen-bond donors (Lipinski definition) is 1. The van der Waals surface area contributed by atoms with Crippen molar-refractivity contribution in [2.75, 3.05) is 5.73 Å². The minimum atomic E-state index is 0.772. The van der Waals surface area contributed by atoms with E-state index in [4.69, 9.17) is 5.73 Å². The van der Waals surface area contributed by atoms with Crippen LogP contribution in [0, 0.1) is 0 Å². The number of fused-ring (bicyclic) bond motifs is 1. The molecule has 2 nitrogen and oxygen atoms in total. The first-order valence-electron chi connectivity index (χ1n) is 5.03. The van der Waals surface area contributed by atoms with E-state index in [9.17, 15) is 0 Å². The summed E-state index contributed by atoms with van der Waals surface area (Å²) in [4.78, 5) is 4.44. The van der Waals surface area contributed by atoms with Gasteiger partial charge in [-0.05, 0) is 23.6 Å². The number of hydrogen-bond acceptors (Lipinski definition) is 3. The molecule has 16 heavy (non-hydrogen) atoms. The van der Waals surface area contributed by atoms with Crippen molar-refractivity contribution in [3.05, 3.63) is 48.0 Å². The molecule has 3 rings (SSSR count). The largest absolute Gasteiger partial charge is 0.398 e. The van der Waals surface area contributed by atoms with Crippen molar-refractivity contribution in [3.63, 3.8) is 0 Å². The molecule has 0 unspecified atom stereocenters.